The van der Waals surface area contributed by atoms with Crippen LogP contribution in [0.2, 0.25) is 0 Å². The van der Waals surface area contributed by atoms with Gasteiger partial charge in [0.15, 0.2) is 0 Å². The van der Waals surface area contributed by atoms with Crippen molar-refractivity contribution in [1.82, 2.24) is 0 Å². The molecule has 0 spiro atoms. The molecule has 1 N–H and O–H groups in total. The van der Waals surface area contributed by atoms with E-state index in [9.17, 15) is 0 Å². The zero-order chi connectivity index (χ0) is 8.06. The van der Waals surface area contributed by atoms with Crippen molar-refractivity contribution in [1.29, 1.82) is 0 Å². The molecule has 11 heavy (non-hydrogen) atoms. The molecule has 0 aromatic carbocycles. The fourth-order valence-electron chi connectivity index (χ4n) is 3.18. The van der Waals surface area contributed by atoms with Gasteiger partial charge < -0.3 is 5.11 Å². The van der Waals surface area contributed by atoms with Gasteiger partial charge in [-0.1, -0.05) is 13.8 Å². The van der Waals surface area contributed by atoms with Crippen molar-refractivity contribution in [3.05, 3.63) is 0 Å². The van der Waals surface area contributed by atoms with E-state index < -0.39 is 0 Å². The normalized spacial score (nSPS) is 46.6. The van der Waals surface area contributed by atoms with Gasteiger partial charge in [0, 0.05) is 6.61 Å². The SMILES string of the molecule is CC1(C)[C@@H]2CC[C@@H](CO)[C@H]1C2. The van der Waals surface area contributed by atoms with E-state index in [2.05, 4.69) is 13.8 Å². The Kier molecular flexibility index (Phi) is 1.54. The van der Waals surface area contributed by atoms with Gasteiger partial charge in [-0.25, -0.2) is 0 Å². The van der Waals surface area contributed by atoms with E-state index in [1.54, 1.807) is 0 Å². The van der Waals surface area contributed by atoms with Gasteiger partial charge in [0.25, 0.3) is 0 Å². The summed E-state index contributed by atoms with van der Waals surface area (Å²) in [6.07, 6.45) is 4.02. The van der Waals surface area contributed by atoms with Crippen molar-refractivity contribution in [3.63, 3.8) is 0 Å². The first kappa shape index (κ1) is 7.60. The van der Waals surface area contributed by atoms with Gasteiger partial charge in [-0.2, -0.15) is 0 Å². The number of hydrogen-bond acceptors (Lipinski definition) is 1. The fraction of sp³-hybridized carbons (Fsp3) is 1.00. The van der Waals surface area contributed by atoms with E-state index in [1.807, 2.05) is 0 Å². The largest absolute Gasteiger partial charge is 0.396 e. The first-order valence-electron chi connectivity index (χ1n) is 4.77. The first-order valence-corrected chi connectivity index (χ1v) is 4.77. The van der Waals surface area contributed by atoms with Crippen LogP contribution in [0.15, 0.2) is 0 Å². The molecule has 64 valence electrons. The van der Waals surface area contributed by atoms with Crippen molar-refractivity contribution in [2.45, 2.75) is 33.1 Å². The van der Waals surface area contributed by atoms with Crippen LogP contribution in [-0.4, -0.2) is 11.7 Å². The summed E-state index contributed by atoms with van der Waals surface area (Å²) >= 11 is 0. The molecule has 0 saturated heterocycles. The van der Waals surface area contributed by atoms with Crippen molar-refractivity contribution in [3.8, 4) is 0 Å². The van der Waals surface area contributed by atoms with E-state index in [1.165, 1.54) is 19.3 Å². The number of hydrogen-bond donors (Lipinski definition) is 1. The van der Waals surface area contributed by atoms with Crippen LogP contribution < -0.4 is 0 Å². The second-order valence-electron chi connectivity index (χ2n) is 4.88. The third-order valence-corrected chi connectivity index (χ3v) is 4.24. The van der Waals surface area contributed by atoms with Crippen molar-refractivity contribution in [2.75, 3.05) is 6.61 Å². The molecule has 0 heterocycles. The summed E-state index contributed by atoms with van der Waals surface area (Å²) in [4.78, 5) is 0. The minimum atomic E-state index is 0.417. The summed E-state index contributed by atoms with van der Waals surface area (Å²) in [6.45, 7) is 5.15. The smallest absolute Gasteiger partial charge is 0.0462 e. The summed E-state index contributed by atoms with van der Waals surface area (Å²) in [5, 5.41) is 9.12. The van der Waals surface area contributed by atoms with E-state index >= 15 is 0 Å². The highest BCUT2D eigenvalue weighted by Crippen LogP contribution is 2.61. The van der Waals surface area contributed by atoms with Gasteiger partial charge in [0.1, 0.15) is 0 Å². The molecule has 0 aromatic heterocycles. The molecule has 2 bridgehead atoms. The Balaban J connectivity index is 2.10. The summed E-state index contributed by atoms with van der Waals surface area (Å²) in [7, 11) is 0. The lowest BCUT2D eigenvalue weighted by Gasteiger charge is -2.59. The second kappa shape index (κ2) is 2.22. The monoisotopic (exact) mass is 154 g/mol. The standard InChI is InChI=1S/C10H18O/c1-10(2)8-4-3-7(6-11)9(10)5-8/h7-9,11H,3-6H2,1-2H3/t7-,8+,9+/m0/s1. The average molecular weight is 154 g/mol. The third-order valence-electron chi connectivity index (χ3n) is 4.24. The fourth-order valence-corrected chi connectivity index (χ4v) is 3.18. The van der Waals surface area contributed by atoms with E-state index in [0.717, 1.165) is 11.8 Å². The zero-order valence-corrected chi connectivity index (χ0v) is 7.51. The van der Waals surface area contributed by atoms with Gasteiger partial charge in [0.05, 0.1) is 0 Å². The Hall–Kier alpha value is -0.0400. The Morgan fingerprint density at radius 3 is 2.45 bits per heavy atom. The predicted molar refractivity (Wildman–Crippen MR) is 45.2 cm³/mol. The lowest BCUT2D eigenvalue weighted by Crippen LogP contribution is -2.53. The molecule has 3 saturated carbocycles. The highest BCUT2D eigenvalue weighted by atomic mass is 16.3. The lowest BCUT2D eigenvalue weighted by molar-refractivity contribution is -0.116. The Bertz CT molecular complexity index is 160. The first-order chi connectivity index (χ1) is 5.16. The van der Waals surface area contributed by atoms with Crippen LogP contribution in [0, 0.1) is 23.2 Å². The molecule has 1 nitrogen and oxygen atoms in total. The quantitative estimate of drug-likeness (QED) is 0.613. The Morgan fingerprint density at radius 2 is 2.09 bits per heavy atom. The molecule has 0 unspecified atom stereocenters. The highest BCUT2D eigenvalue weighted by Gasteiger charge is 2.53. The van der Waals surface area contributed by atoms with Crippen LogP contribution in [0.5, 0.6) is 0 Å². The minimum absolute atomic E-state index is 0.417. The van der Waals surface area contributed by atoms with Crippen molar-refractivity contribution < 1.29 is 5.11 Å². The van der Waals surface area contributed by atoms with Crippen LogP contribution >= 0.6 is 0 Å². The summed E-state index contributed by atoms with van der Waals surface area (Å²) in [5.41, 5.74) is 0.547. The molecule has 0 amide bonds. The summed E-state index contributed by atoms with van der Waals surface area (Å²) in [6, 6.07) is 0. The summed E-state index contributed by atoms with van der Waals surface area (Å²) in [5.74, 6) is 2.41. The molecule has 1 heteroatoms. The maximum Gasteiger partial charge on any atom is 0.0462 e. The molecule has 3 aliphatic rings. The van der Waals surface area contributed by atoms with Crippen LogP contribution in [-0.2, 0) is 0 Å². The molecular formula is C10H18O. The van der Waals surface area contributed by atoms with Gasteiger partial charge in [-0.3, -0.25) is 0 Å². The van der Waals surface area contributed by atoms with Crippen LogP contribution in [0.25, 0.3) is 0 Å². The van der Waals surface area contributed by atoms with Gasteiger partial charge in [0.2, 0.25) is 0 Å². The number of rotatable bonds is 1. The predicted octanol–water partition coefficient (Wildman–Crippen LogP) is 2.05. The maximum atomic E-state index is 9.12. The number of aliphatic hydroxyl groups excluding tert-OH is 1. The van der Waals surface area contributed by atoms with Gasteiger partial charge in [-0.05, 0) is 42.4 Å². The van der Waals surface area contributed by atoms with E-state index in [0.29, 0.717) is 17.9 Å². The number of fused-ring (bicyclic) bond motifs is 2. The zero-order valence-electron chi connectivity index (χ0n) is 7.51. The Labute approximate surface area is 68.8 Å². The maximum absolute atomic E-state index is 9.12. The Morgan fingerprint density at radius 1 is 1.36 bits per heavy atom. The molecule has 3 fully saturated rings. The molecule has 3 atom stereocenters. The van der Waals surface area contributed by atoms with Crippen LogP contribution in [0.3, 0.4) is 0 Å². The average Bonchev–Trinajstić information content (AvgIpc) is 2.04. The lowest BCUT2D eigenvalue weighted by atomic mass is 9.46. The topological polar surface area (TPSA) is 20.2 Å². The molecule has 0 aromatic rings. The van der Waals surface area contributed by atoms with Crippen molar-refractivity contribution >= 4 is 0 Å². The molecule has 0 aliphatic heterocycles. The van der Waals surface area contributed by atoms with E-state index in [4.69, 9.17) is 5.11 Å². The van der Waals surface area contributed by atoms with Crippen LogP contribution in [0.1, 0.15) is 33.1 Å². The minimum Gasteiger partial charge on any atom is -0.396 e. The van der Waals surface area contributed by atoms with E-state index in [-0.39, 0.29) is 0 Å². The highest BCUT2D eigenvalue weighted by molar-refractivity contribution is 5.02. The molecule has 3 rings (SSSR count). The molecule has 0 radical (unpaired) electrons. The van der Waals surface area contributed by atoms with Gasteiger partial charge >= 0.3 is 0 Å². The van der Waals surface area contributed by atoms with Crippen molar-refractivity contribution in [2.24, 2.45) is 23.2 Å². The molecular weight excluding hydrogens is 136 g/mol. The van der Waals surface area contributed by atoms with Gasteiger partial charge in [-0.15, -0.1) is 0 Å². The third kappa shape index (κ3) is 0.868. The second-order valence-corrected chi connectivity index (χ2v) is 4.88. The summed E-state index contributed by atoms with van der Waals surface area (Å²) < 4.78 is 0. The van der Waals surface area contributed by atoms with Crippen LogP contribution in [0.4, 0.5) is 0 Å². The molecule has 3 aliphatic carbocycles. The number of aliphatic hydroxyl groups is 1.